The van der Waals surface area contributed by atoms with Gasteiger partial charge in [-0.3, -0.25) is 9.59 Å². The van der Waals surface area contributed by atoms with Gasteiger partial charge in [-0.05, 0) is 215 Å². The van der Waals surface area contributed by atoms with Crippen LogP contribution in [-0.2, 0) is 79.9 Å². The number of aliphatic hydroxyl groups is 6. The summed E-state index contributed by atoms with van der Waals surface area (Å²) in [5.74, 6) is 2.50. The Bertz CT molecular complexity index is 1710. The van der Waals surface area contributed by atoms with Crippen LogP contribution < -0.4 is 0 Å². The molecule has 0 aromatic rings. The Morgan fingerprint density at radius 1 is 0.516 bits per heavy atom. The zero-order valence-corrected chi connectivity index (χ0v) is 63.6. The molecule has 10 unspecified atom stereocenters. The van der Waals surface area contributed by atoms with Gasteiger partial charge in [0.2, 0.25) is 0 Å². The second-order valence-electron chi connectivity index (χ2n) is 24.4. The van der Waals surface area contributed by atoms with Crippen LogP contribution in [0.25, 0.3) is 0 Å². The summed E-state index contributed by atoms with van der Waals surface area (Å²) >= 11 is 0. The van der Waals surface area contributed by atoms with Crippen LogP contribution in [0.4, 0.5) is 39.5 Å². The number of esters is 2. The van der Waals surface area contributed by atoms with E-state index in [1.165, 1.54) is 19.3 Å². The van der Waals surface area contributed by atoms with Crippen molar-refractivity contribution in [2.24, 2.45) is 41.4 Å². The summed E-state index contributed by atoms with van der Waals surface area (Å²) in [6, 6.07) is 0.301. The molecule has 28 heteroatoms. The molecule has 6 N–H and O–H groups in total. The fourth-order valence-electron chi connectivity index (χ4n) is 10.9. The molecule has 5 aliphatic carbocycles. The average molecular weight is 1500 g/mol. The van der Waals surface area contributed by atoms with Crippen molar-refractivity contribution >= 4 is 37.4 Å². The predicted octanol–water partition coefficient (Wildman–Crippen LogP) is 18.0. The van der Waals surface area contributed by atoms with Crippen LogP contribution in [0, 0.1) is 69.7 Å². The molecule has 568 valence electrons. The maximum atomic E-state index is 12.9. The minimum Gasteiger partial charge on any atom is -0.482 e. The van der Waals surface area contributed by atoms with Gasteiger partial charge in [-0.25, -0.2) is 0 Å². The minimum atomic E-state index is -5.80. The van der Waals surface area contributed by atoms with E-state index < -0.39 is 80.0 Å². The number of hydrogen-bond acceptors (Lipinski definition) is 14. The molecule has 0 spiro atoms. The fraction of sp³-hybridized carbons (Fsp3) is 0.908. The van der Waals surface area contributed by atoms with Crippen molar-refractivity contribution in [3.63, 3.8) is 0 Å². The van der Waals surface area contributed by atoms with Crippen molar-refractivity contribution in [2.75, 3.05) is 46.2 Å². The Kier molecular flexibility index (Phi) is 74.9. The van der Waals surface area contributed by atoms with E-state index in [0.29, 0.717) is 32.2 Å². The largest absolute Gasteiger partial charge is 4.00 e. The maximum Gasteiger partial charge on any atom is 4.00 e. The van der Waals surface area contributed by atoms with Crippen molar-refractivity contribution in [1.29, 1.82) is 0 Å². The Hall–Kier alpha value is -0.0108. The molecule has 4 bridgehead atoms. The topological polar surface area (TPSA) is 211 Å². The maximum absolute atomic E-state index is 12.9. The Morgan fingerprint density at radius 2 is 0.839 bits per heavy atom. The van der Waals surface area contributed by atoms with Gasteiger partial charge in [-0.1, -0.05) is 57.0 Å². The molecule has 10 atom stereocenters. The smallest absolute Gasteiger partial charge is 0.482 e. The Balaban J connectivity index is -0.0000000854. The van der Waals surface area contributed by atoms with E-state index in [4.69, 9.17) is 47.3 Å². The predicted molar refractivity (Wildman–Crippen MR) is 364 cm³/mol. The van der Waals surface area contributed by atoms with Gasteiger partial charge in [-0.15, -0.1) is 0 Å². The fourth-order valence-corrected chi connectivity index (χ4v) is 22.6. The van der Waals surface area contributed by atoms with E-state index in [2.05, 4.69) is 20.4 Å². The first kappa shape index (κ1) is 123. The van der Waals surface area contributed by atoms with Gasteiger partial charge in [0.05, 0.1) is 11.8 Å². The number of fused-ring (bicyclic) bond motifs is 5. The second kappa shape index (κ2) is 56.6. The number of rotatable bonds is 19. The molecule has 5 aliphatic rings. The molecule has 93 heavy (non-hydrogen) atoms. The molecule has 5 rings (SSSR count). The standard InChI is InChI=1S/C22H37F6O4Si2.C14H24O2.C12H25F3O4Si.4C2H6O.C2H5.5CH4.2CH3.2Ti/c1-19(2,3)31-18(29)16-12-15-11-14(16)13-17(15)34(6,7)32-33(4,5)10-8-9-20(30,21(23,24)25)22(26,27)28;1-9-7-11-6-5-10(9)8-12(11)13(15)16-14(2,3)4;1-5-17-20(18-6-2,19-7-3)10-8-9-11(4,16)12(13,14)15;4*1-2-3;1-2;;;;;;;;;/h14-17,30H,6,8-13H2,1-5,7H3;9-12H,5-8H2,1-4H3;16H,5-10H2,1-4H3;4*3H,2H2,1H3;1H2,2H3;5*1H4;2*1H3;;/q-1;;;;;;;-1;;;;;;2*-1;;+4. The molecule has 5 fully saturated rings. The molecule has 14 nitrogen and oxygen atoms in total. The third-order valence-corrected chi connectivity index (χ3v) is 25.2. The quantitative estimate of drug-likeness (QED) is 0.0308. The Labute approximate surface area is 596 Å². The summed E-state index contributed by atoms with van der Waals surface area (Å²) in [5.41, 5.74) is -8.14. The van der Waals surface area contributed by atoms with Crippen LogP contribution in [0.5, 0.6) is 0 Å². The molecule has 0 aromatic carbocycles. The van der Waals surface area contributed by atoms with E-state index in [9.17, 15) is 59.3 Å². The van der Waals surface area contributed by atoms with Crippen LogP contribution in [0.15, 0.2) is 0 Å². The van der Waals surface area contributed by atoms with Crippen LogP contribution in [0.3, 0.4) is 0 Å². The van der Waals surface area contributed by atoms with Gasteiger partial charge in [0.1, 0.15) is 11.2 Å². The van der Waals surface area contributed by atoms with Gasteiger partial charge in [0.25, 0.3) is 5.60 Å². The van der Waals surface area contributed by atoms with Gasteiger partial charge in [0.15, 0.2) is 13.9 Å². The van der Waals surface area contributed by atoms with Gasteiger partial charge in [-0.2, -0.15) is 46.4 Å². The number of alkyl halides is 9. The number of ether oxygens (including phenoxy) is 2. The van der Waals surface area contributed by atoms with Crippen molar-refractivity contribution in [3.05, 3.63) is 28.3 Å². The zero-order chi connectivity index (χ0) is 67.2. The number of carbonyl (C=O) groups excluding carboxylic acids is 2. The Morgan fingerprint density at radius 3 is 1.11 bits per heavy atom. The number of aliphatic hydroxyl groups excluding tert-OH is 4. The van der Waals surface area contributed by atoms with Gasteiger partial charge < -0.3 is 85.8 Å². The van der Waals surface area contributed by atoms with E-state index >= 15 is 0 Å². The van der Waals surface area contributed by atoms with E-state index in [1.807, 2.05) is 48.1 Å². The first-order valence-electron chi connectivity index (χ1n) is 29.9. The molecule has 0 radical (unpaired) electrons. The SMILES string of the molecule is C.C.C.C.C.CC1CC2CCC1CC2C(=O)OC(C)(C)C.CCO.CCO.CCO.CCO.CCO[Si](CCCC(C)(O)C(F)(F)F)(OCC)OCC.[CH2-]C.[CH2-][Si](C)(O[Si](C)(C)CCCC(O)(C(F)(F)F)C(F)(F)F)C1CC2CC1CC2C(=O)OC(C)(C)C.[CH3-].[CH3-].[Ti+4].[Ti]. The van der Waals surface area contributed by atoms with E-state index in [-0.39, 0.29) is 187 Å². The van der Waals surface area contributed by atoms with Crippen molar-refractivity contribution in [3.8, 4) is 0 Å². The normalized spacial score (nSPS) is 21.2. The molecular weight excluding hydrogens is 1360 g/mol. The van der Waals surface area contributed by atoms with E-state index in [0.717, 1.165) is 38.0 Å². The summed E-state index contributed by atoms with van der Waals surface area (Å²) in [4.78, 5) is 24.6. The van der Waals surface area contributed by atoms with E-state index in [1.54, 1.807) is 68.5 Å². The second-order valence-corrected chi connectivity index (χ2v) is 35.4. The molecular formula is C65H141F9O14Si3Ti2. The van der Waals surface area contributed by atoms with Crippen molar-refractivity contribution in [1.82, 2.24) is 0 Å². The molecule has 0 aliphatic heterocycles. The number of halogens is 9. The zero-order valence-electron chi connectivity index (χ0n) is 57.5. The monoisotopic (exact) mass is 1500 g/mol. The third-order valence-electron chi connectivity index (χ3n) is 14.2. The number of carbonyl (C=O) groups is 2. The summed E-state index contributed by atoms with van der Waals surface area (Å²) in [5, 5.41) is 49.1. The summed E-state index contributed by atoms with van der Waals surface area (Å²) in [6.45, 7) is 43.5. The minimum absolute atomic E-state index is 0. The summed E-state index contributed by atoms with van der Waals surface area (Å²) in [6.07, 6.45) is -11.2. The van der Waals surface area contributed by atoms with Crippen LogP contribution >= 0.6 is 0 Å². The summed E-state index contributed by atoms with van der Waals surface area (Å²) in [7, 11) is -8.18. The molecule has 0 heterocycles. The van der Waals surface area contributed by atoms with Crippen molar-refractivity contribution < 1.29 is 150 Å². The third kappa shape index (κ3) is 46.9. The first-order valence-corrected chi connectivity index (χ1v) is 37.6. The van der Waals surface area contributed by atoms with Crippen LogP contribution in [-0.4, -0.2) is 155 Å². The molecule has 0 saturated heterocycles. The van der Waals surface area contributed by atoms with Crippen LogP contribution in [0.2, 0.25) is 37.3 Å². The average Bonchev–Trinajstić information content (AvgIpc) is 1.74. The molecule has 0 aromatic heterocycles. The van der Waals surface area contributed by atoms with Gasteiger partial charge in [0, 0.05) is 82.3 Å². The van der Waals surface area contributed by atoms with Crippen LogP contribution in [0.1, 0.15) is 219 Å². The summed E-state index contributed by atoms with van der Waals surface area (Å²) < 4.78 is 149. The first-order chi connectivity index (χ1) is 38.2. The number of hydrogen-bond donors (Lipinski definition) is 6. The molecule has 5 saturated carbocycles. The van der Waals surface area contributed by atoms with Crippen molar-refractivity contribution in [2.45, 2.75) is 297 Å². The molecule has 0 amide bonds. The van der Waals surface area contributed by atoms with Gasteiger partial charge >= 0.3 is 61.0 Å².